The second-order valence-electron chi connectivity index (χ2n) is 2.01. The molecule has 64 valence electrons. The fraction of sp³-hybridized carbons (Fsp3) is 0. The van der Waals surface area contributed by atoms with E-state index < -0.39 is 22.2 Å². The number of phenolic OH excluding ortho intramolecular Hbond substituents is 1. The van der Waals surface area contributed by atoms with Gasteiger partial charge >= 0.3 is 5.69 Å². The van der Waals surface area contributed by atoms with E-state index >= 15 is 0 Å². The maximum Gasteiger partial charge on any atom is 0.346 e. The van der Waals surface area contributed by atoms with Gasteiger partial charge < -0.3 is 5.11 Å². The number of nitrogens with zero attached hydrogens (tertiary/aromatic N) is 1. The molecule has 1 rings (SSSR count). The van der Waals surface area contributed by atoms with Crippen LogP contribution in [-0.2, 0) is 0 Å². The monoisotopic (exact) mass is 235 g/mol. The highest BCUT2D eigenvalue weighted by Crippen LogP contribution is 2.31. The van der Waals surface area contributed by atoms with E-state index in [4.69, 9.17) is 5.11 Å². The Hall–Kier alpha value is -1.17. The third-order valence-corrected chi connectivity index (χ3v) is 1.65. The Morgan fingerprint density at radius 2 is 2.17 bits per heavy atom. The van der Waals surface area contributed by atoms with Gasteiger partial charge in [0, 0.05) is 10.5 Å². The van der Waals surface area contributed by atoms with Gasteiger partial charge in [0.05, 0.1) is 4.92 Å². The Balaban J connectivity index is 3.38. The summed E-state index contributed by atoms with van der Waals surface area (Å²) in [5.74, 6) is -1.75. The summed E-state index contributed by atoms with van der Waals surface area (Å²) in [6, 6.07) is 1.97. The van der Waals surface area contributed by atoms with Gasteiger partial charge in [-0.1, -0.05) is 15.9 Å². The molecule has 0 saturated heterocycles. The first-order chi connectivity index (χ1) is 5.52. The first kappa shape index (κ1) is 8.92. The highest BCUT2D eigenvalue weighted by Gasteiger charge is 2.20. The van der Waals surface area contributed by atoms with E-state index in [1.54, 1.807) is 0 Å². The van der Waals surface area contributed by atoms with Crippen LogP contribution in [0.15, 0.2) is 16.6 Å². The molecule has 0 spiro atoms. The van der Waals surface area contributed by atoms with Gasteiger partial charge in [0.2, 0.25) is 5.82 Å². The molecule has 0 aliphatic rings. The van der Waals surface area contributed by atoms with Gasteiger partial charge in [0.1, 0.15) is 0 Å². The lowest BCUT2D eigenvalue weighted by Crippen LogP contribution is -1.92. The Labute approximate surface area is 74.9 Å². The second-order valence-corrected chi connectivity index (χ2v) is 2.93. The summed E-state index contributed by atoms with van der Waals surface area (Å²) in [6.07, 6.45) is 0. The molecule has 1 N–H and O–H groups in total. The summed E-state index contributed by atoms with van der Waals surface area (Å²) in [7, 11) is 0. The van der Waals surface area contributed by atoms with Crippen molar-refractivity contribution in [1.29, 1.82) is 0 Å². The minimum atomic E-state index is -1.06. The van der Waals surface area contributed by atoms with Crippen LogP contribution < -0.4 is 0 Å². The Kier molecular flexibility index (Phi) is 2.27. The summed E-state index contributed by atoms with van der Waals surface area (Å²) in [5, 5.41) is 19.1. The summed E-state index contributed by atoms with van der Waals surface area (Å²) < 4.78 is 13.0. The van der Waals surface area contributed by atoms with Crippen LogP contribution in [0.2, 0.25) is 0 Å². The van der Waals surface area contributed by atoms with E-state index in [2.05, 4.69) is 15.9 Å². The molecule has 1 aromatic rings. The van der Waals surface area contributed by atoms with Gasteiger partial charge in [0.15, 0.2) is 5.75 Å². The van der Waals surface area contributed by atoms with Crippen molar-refractivity contribution in [2.24, 2.45) is 0 Å². The summed E-state index contributed by atoms with van der Waals surface area (Å²) >= 11 is 2.87. The first-order valence-corrected chi connectivity index (χ1v) is 3.64. The summed E-state index contributed by atoms with van der Waals surface area (Å²) in [5.41, 5.74) is -0.904. The summed E-state index contributed by atoms with van der Waals surface area (Å²) in [6.45, 7) is 0. The average Bonchev–Trinajstić information content (AvgIpc) is 1.82. The van der Waals surface area contributed by atoms with Gasteiger partial charge in [-0.05, 0) is 6.07 Å². The molecule has 0 atom stereocenters. The standard InChI is InChI=1S/C6H3BrFNO3/c7-3-1-4(8)6(9(11)12)5(10)2-3/h1-2,10H. The lowest BCUT2D eigenvalue weighted by Gasteiger charge is -1.97. The zero-order valence-electron chi connectivity index (χ0n) is 5.62. The van der Waals surface area contributed by atoms with Crippen molar-refractivity contribution in [3.63, 3.8) is 0 Å². The fourth-order valence-corrected chi connectivity index (χ4v) is 1.15. The van der Waals surface area contributed by atoms with Gasteiger partial charge in [-0.2, -0.15) is 4.39 Å². The van der Waals surface area contributed by atoms with Gasteiger partial charge in [-0.15, -0.1) is 0 Å². The third-order valence-electron chi connectivity index (χ3n) is 1.19. The number of phenols is 1. The van der Waals surface area contributed by atoms with Gasteiger partial charge in [-0.25, -0.2) is 0 Å². The Morgan fingerprint density at radius 1 is 1.58 bits per heavy atom. The number of hydrogen-bond donors (Lipinski definition) is 1. The predicted octanol–water partition coefficient (Wildman–Crippen LogP) is 2.20. The van der Waals surface area contributed by atoms with Crippen LogP contribution in [0.5, 0.6) is 5.75 Å². The molecule has 12 heavy (non-hydrogen) atoms. The first-order valence-electron chi connectivity index (χ1n) is 2.85. The minimum Gasteiger partial charge on any atom is -0.502 e. The number of halogens is 2. The fourth-order valence-electron chi connectivity index (χ4n) is 0.733. The van der Waals surface area contributed by atoms with Crippen molar-refractivity contribution in [3.05, 3.63) is 32.5 Å². The molecule has 0 aromatic heterocycles. The van der Waals surface area contributed by atoms with Crippen molar-refractivity contribution in [2.75, 3.05) is 0 Å². The van der Waals surface area contributed by atoms with E-state index in [0.29, 0.717) is 0 Å². The molecule has 0 aliphatic carbocycles. The molecule has 6 heteroatoms. The molecule has 0 bridgehead atoms. The van der Waals surface area contributed by atoms with Crippen LogP contribution in [-0.4, -0.2) is 10.0 Å². The quantitative estimate of drug-likeness (QED) is 0.600. The van der Waals surface area contributed by atoms with Crippen molar-refractivity contribution in [1.82, 2.24) is 0 Å². The molecular formula is C6H3BrFNO3. The number of rotatable bonds is 1. The number of nitro benzene ring substituents is 1. The van der Waals surface area contributed by atoms with Gasteiger partial charge in [0.25, 0.3) is 0 Å². The zero-order valence-corrected chi connectivity index (χ0v) is 7.21. The molecule has 0 amide bonds. The van der Waals surface area contributed by atoms with E-state index in [9.17, 15) is 14.5 Å². The molecule has 0 heterocycles. The molecule has 0 radical (unpaired) electrons. The van der Waals surface area contributed by atoms with Crippen molar-refractivity contribution >= 4 is 21.6 Å². The zero-order chi connectivity index (χ0) is 9.30. The van der Waals surface area contributed by atoms with E-state index in [-0.39, 0.29) is 4.47 Å². The highest BCUT2D eigenvalue weighted by atomic mass is 79.9. The molecule has 0 fully saturated rings. The molecule has 1 aromatic carbocycles. The maximum atomic E-state index is 12.7. The average molecular weight is 236 g/mol. The van der Waals surface area contributed by atoms with Crippen LogP contribution in [0.25, 0.3) is 0 Å². The van der Waals surface area contributed by atoms with Crippen LogP contribution in [0.4, 0.5) is 10.1 Å². The lowest BCUT2D eigenvalue weighted by atomic mass is 10.3. The number of hydrogen-bond acceptors (Lipinski definition) is 3. The molecular weight excluding hydrogens is 233 g/mol. The Morgan fingerprint density at radius 3 is 2.58 bits per heavy atom. The van der Waals surface area contributed by atoms with E-state index in [1.807, 2.05) is 0 Å². The SMILES string of the molecule is O=[N+]([O-])c1c(O)cc(Br)cc1F. The predicted molar refractivity (Wildman–Crippen MR) is 42.4 cm³/mol. The lowest BCUT2D eigenvalue weighted by molar-refractivity contribution is -0.388. The molecule has 0 aliphatic heterocycles. The van der Waals surface area contributed by atoms with E-state index in [0.717, 1.165) is 12.1 Å². The summed E-state index contributed by atoms with van der Waals surface area (Å²) in [4.78, 5) is 9.17. The molecule has 0 unspecified atom stereocenters. The Bertz CT molecular complexity index is 319. The number of aromatic hydroxyl groups is 1. The largest absolute Gasteiger partial charge is 0.502 e. The van der Waals surface area contributed by atoms with Crippen LogP contribution in [0, 0.1) is 15.9 Å². The number of benzene rings is 1. The highest BCUT2D eigenvalue weighted by molar-refractivity contribution is 9.10. The minimum absolute atomic E-state index is 0.253. The molecule has 0 saturated carbocycles. The van der Waals surface area contributed by atoms with Crippen molar-refractivity contribution < 1.29 is 14.4 Å². The van der Waals surface area contributed by atoms with Crippen LogP contribution in [0.3, 0.4) is 0 Å². The van der Waals surface area contributed by atoms with E-state index in [1.165, 1.54) is 0 Å². The topological polar surface area (TPSA) is 63.4 Å². The second kappa shape index (κ2) is 3.06. The van der Waals surface area contributed by atoms with Crippen molar-refractivity contribution in [3.8, 4) is 5.75 Å². The smallest absolute Gasteiger partial charge is 0.346 e. The normalized spacial score (nSPS) is 9.83. The van der Waals surface area contributed by atoms with Gasteiger partial charge in [-0.3, -0.25) is 10.1 Å². The third kappa shape index (κ3) is 1.53. The maximum absolute atomic E-state index is 12.7. The van der Waals surface area contributed by atoms with Crippen LogP contribution in [0.1, 0.15) is 0 Å². The number of nitro groups is 1. The molecule has 4 nitrogen and oxygen atoms in total. The van der Waals surface area contributed by atoms with Crippen LogP contribution >= 0.6 is 15.9 Å². The van der Waals surface area contributed by atoms with Crippen molar-refractivity contribution in [2.45, 2.75) is 0 Å².